The lowest BCUT2D eigenvalue weighted by molar-refractivity contribution is 0.102. The number of fused-ring (bicyclic) bond motifs is 1. The van der Waals surface area contributed by atoms with Gasteiger partial charge in [0.1, 0.15) is 5.82 Å². The third-order valence-electron chi connectivity index (χ3n) is 5.47. The molecule has 1 aliphatic rings. The number of benzene rings is 2. The number of hydrogen-bond donors (Lipinski definition) is 2. The number of carbonyl (C=O) groups is 1. The van der Waals surface area contributed by atoms with Crippen molar-refractivity contribution < 1.29 is 4.79 Å². The maximum Gasteiger partial charge on any atom is 0.261 e. The molecule has 4 rings (SSSR count). The molecule has 0 saturated carbocycles. The molecule has 1 aromatic heterocycles. The molecule has 2 heterocycles. The third-order valence-corrected chi connectivity index (χ3v) is 5.47. The van der Waals surface area contributed by atoms with E-state index in [1.165, 1.54) is 10.3 Å². The molecule has 2 aromatic carbocycles. The van der Waals surface area contributed by atoms with Crippen LogP contribution in [0.15, 0.2) is 41.2 Å². The molecule has 150 valence electrons. The Morgan fingerprint density at radius 3 is 2.59 bits per heavy atom. The maximum atomic E-state index is 12.8. The fraction of sp³-hybridized carbons (Fsp3) is 0.318. The van der Waals surface area contributed by atoms with E-state index in [-0.39, 0.29) is 11.5 Å². The van der Waals surface area contributed by atoms with Crippen LogP contribution in [-0.4, -0.2) is 41.6 Å². The van der Waals surface area contributed by atoms with Crippen LogP contribution in [0.4, 0.5) is 11.4 Å². The maximum absolute atomic E-state index is 12.8. The summed E-state index contributed by atoms with van der Waals surface area (Å²) in [5.74, 6) is 0.392. The summed E-state index contributed by atoms with van der Waals surface area (Å²) in [6.07, 6.45) is 0. The Morgan fingerprint density at radius 1 is 1.10 bits per heavy atom. The molecule has 0 bridgehead atoms. The van der Waals surface area contributed by atoms with Gasteiger partial charge in [-0.2, -0.15) is 0 Å². The second-order valence-corrected chi connectivity index (χ2v) is 7.45. The molecule has 1 saturated heterocycles. The van der Waals surface area contributed by atoms with E-state index >= 15 is 0 Å². The van der Waals surface area contributed by atoms with Crippen molar-refractivity contribution in [1.82, 2.24) is 14.9 Å². The van der Waals surface area contributed by atoms with Crippen molar-refractivity contribution in [2.24, 2.45) is 7.05 Å². The molecular weight excluding hydrogens is 366 g/mol. The lowest BCUT2D eigenvalue weighted by atomic mass is 10.1. The summed E-state index contributed by atoms with van der Waals surface area (Å²) in [6.45, 7) is 7.76. The van der Waals surface area contributed by atoms with Crippen molar-refractivity contribution in [2.75, 3.05) is 36.4 Å². The highest BCUT2D eigenvalue weighted by Gasteiger charge is 2.14. The largest absolute Gasteiger partial charge is 0.369 e. The SMILES string of the molecule is Cc1cc(NC(=O)c2ccc3nc(C)n(C)c(=O)c3c2)ccc1N1CCNCC1. The summed E-state index contributed by atoms with van der Waals surface area (Å²) in [5.41, 5.74) is 3.93. The summed E-state index contributed by atoms with van der Waals surface area (Å²) < 4.78 is 1.49. The number of anilines is 2. The minimum absolute atomic E-state index is 0.154. The zero-order valence-corrected chi connectivity index (χ0v) is 17.0. The average molecular weight is 391 g/mol. The molecule has 2 N–H and O–H groups in total. The highest BCUT2D eigenvalue weighted by Crippen LogP contribution is 2.24. The number of nitrogens with one attached hydrogen (secondary N) is 2. The predicted molar refractivity (Wildman–Crippen MR) is 116 cm³/mol. The molecule has 29 heavy (non-hydrogen) atoms. The summed E-state index contributed by atoms with van der Waals surface area (Å²) >= 11 is 0. The number of nitrogens with zero attached hydrogens (tertiary/aromatic N) is 3. The standard InChI is InChI=1S/C22H25N5O2/c1-14-12-17(5-7-20(14)27-10-8-23-9-11-27)25-21(28)16-4-6-19-18(13-16)22(29)26(3)15(2)24-19/h4-7,12-13,23H,8-11H2,1-3H3,(H,25,28). The van der Waals surface area contributed by atoms with Gasteiger partial charge >= 0.3 is 0 Å². The average Bonchev–Trinajstić information content (AvgIpc) is 2.72. The molecule has 1 aliphatic heterocycles. The number of rotatable bonds is 3. The van der Waals surface area contributed by atoms with Crippen molar-refractivity contribution in [2.45, 2.75) is 13.8 Å². The minimum atomic E-state index is -0.246. The number of piperazine rings is 1. The third kappa shape index (κ3) is 3.73. The molecule has 0 spiro atoms. The van der Waals surface area contributed by atoms with E-state index in [0.717, 1.165) is 37.4 Å². The Kier molecular flexibility index (Phi) is 5.07. The first-order chi connectivity index (χ1) is 13.9. The molecular formula is C22H25N5O2. The van der Waals surface area contributed by atoms with Crippen molar-refractivity contribution in [3.63, 3.8) is 0 Å². The van der Waals surface area contributed by atoms with Gasteiger partial charge in [-0.25, -0.2) is 4.98 Å². The van der Waals surface area contributed by atoms with Crippen LogP contribution in [-0.2, 0) is 7.05 Å². The molecule has 1 amide bonds. The van der Waals surface area contributed by atoms with E-state index in [2.05, 4.69) is 33.5 Å². The van der Waals surface area contributed by atoms with Crippen LogP contribution in [0.3, 0.4) is 0 Å². The first-order valence-electron chi connectivity index (χ1n) is 9.79. The molecule has 7 heteroatoms. The lowest BCUT2D eigenvalue weighted by Gasteiger charge is -2.30. The Hall–Kier alpha value is -3.19. The van der Waals surface area contributed by atoms with Crippen LogP contribution in [0.5, 0.6) is 0 Å². The number of hydrogen-bond acceptors (Lipinski definition) is 5. The first kappa shape index (κ1) is 19.1. The van der Waals surface area contributed by atoms with E-state index in [9.17, 15) is 9.59 Å². The monoisotopic (exact) mass is 391 g/mol. The molecule has 1 fully saturated rings. The first-order valence-corrected chi connectivity index (χ1v) is 9.79. The van der Waals surface area contributed by atoms with Crippen LogP contribution < -0.4 is 21.1 Å². The van der Waals surface area contributed by atoms with Crippen LogP contribution in [0.1, 0.15) is 21.7 Å². The molecule has 0 radical (unpaired) electrons. The fourth-order valence-corrected chi connectivity index (χ4v) is 3.72. The van der Waals surface area contributed by atoms with Crippen LogP contribution >= 0.6 is 0 Å². The molecule has 0 unspecified atom stereocenters. The van der Waals surface area contributed by atoms with Gasteiger partial charge in [0.15, 0.2) is 0 Å². The van der Waals surface area contributed by atoms with Crippen LogP contribution in [0.2, 0.25) is 0 Å². The summed E-state index contributed by atoms with van der Waals surface area (Å²) in [6, 6.07) is 11.0. The fourth-order valence-electron chi connectivity index (χ4n) is 3.72. The molecule has 3 aromatic rings. The molecule has 0 aliphatic carbocycles. The van der Waals surface area contributed by atoms with Gasteiger partial charge in [-0.05, 0) is 55.8 Å². The topological polar surface area (TPSA) is 79.3 Å². The summed E-state index contributed by atoms with van der Waals surface area (Å²) in [5, 5.41) is 6.74. The van der Waals surface area contributed by atoms with Crippen molar-refractivity contribution in [3.05, 3.63) is 63.7 Å². The zero-order valence-electron chi connectivity index (χ0n) is 17.0. The van der Waals surface area contributed by atoms with Gasteiger partial charge in [-0.15, -0.1) is 0 Å². The zero-order chi connectivity index (χ0) is 20.5. The van der Waals surface area contributed by atoms with Gasteiger partial charge in [0.2, 0.25) is 0 Å². The Balaban J connectivity index is 1.57. The smallest absolute Gasteiger partial charge is 0.261 e. The number of aromatic nitrogens is 2. The lowest BCUT2D eigenvalue weighted by Crippen LogP contribution is -2.43. The van der Waals surface area contributed by atoms with Crippen LogP contribution in [0, 0.1) is 13.8 Å². The van der Waals surface area contributed by atoms with Crippen molar-refractivity contribution >= 4 is 28.2 Å². The van der Waals surface area contributed by atoms with Gasteiger partial charge in [0, 0.05) is 50.2 Å². The van der Waals surface area contributed by atoms with Crippen molar-refractivity contribution in [1.29, 1.82) is 0 Å². The number of amides is 1. The highest BCUT2D eigenvalue weighted by atomic mass is 16.1. The number of aryl methyl sites for hydroxylation is 2. The predicted octanol–water partition coefficient (Wildman–Crippen LogP) is 2.21. The second kappa shape index (κ2) is 7.67. The van der Waals surface area contributed by atoms with Gasteiger partial charge in [-0.1, -0.05) is 0 Å². The van der Waals surface area contributed by atoms with Gasteiger partial charge in [0.05, 0.1) is 10.9 Å². The van der Waals surface area contributed by atoms with Gasteiger partial charge in [0.25, 0.3) is 11.5 Å². The Labute approximate surface area is 169 Å². The molecule has 0 atom stereocenters. The van der Waals surface area contributed by atoms with Gasteiger partial charge < -0.3 is 15.5 Å². The van der Waals surface area contributed by atoms with E-state index in [4.69, 9.17) is 0 Å². The van der Waals surface area contributed by atoms with Gasteiger partial charge in [-0.3, -0.25) is 14.2 Å². The van der Waals surface area contributed by atoms with E-state index in [1.807, 2.05) is 12.1 Å². The van der Waals surface area contributed by atoms with E-state index in [1.54, 1.807) is 32.2 Å². The number of carbonyl (C=O) groups excluding carboxylic acids is 1. The molecule has 7 nitrogen and oxygen atoms in total. The van der Waals surface area contributed by atoms with Crippen molar-refractivity contribution in [3.8, 4) is 0 Å². The summed E-state index contributed by atoms with van der Waals surface area (Å²) in [4.78, 5) is 32.0. The minimum Gasteiger partial charge on any atom is -0.369 e. The highest BCUT2D eigenvalue weighted by molar-refractivity contribution is 6.06. The normalized spacial score (nSPS) is 14.2. The van der Waals surface area contributed by atoms with E-state index in [0.29, 0.717) is 22.3 Å². The Bertz CT molecular complexity index is 1150. The summed E-state index contributed by atoms with van der Waals surface area (Å²) in [7, 11) is 1.68. The van der Waals surface area contributed by atoms with E-state index < -0.39 is 0 Å². The second-order valence-electron chi connectivity index (χ2n) is 7.45. The quantitative estimate of drug-likeness (QED) is 0.716. The Morgan fingerprint density at radius 2 is 1.86 bits per heavy atom. The van der Waals surface area contributed by atoms with Crippen LogP contribution in [0.25, 0.3) is 10.9 Å².